The first-order valence-electron chi connectivity index (χ1n) is 8.89. The lowest BCUT2D eigenvalue weighted by Crippen LogP contribution is -2.30. The Morgan fingerprint density at radius 3 is 2.75 bits per heavy atom. The normalized spacial score (nSPS) is 22.5. The number of hydrogen-bond acceptors (Lipinski definition) is 14. The molecule has 0 saturated carbocycles. The third-order valence-corrected chi connectivity index (χ3v) is 6.53. The summed E-state index contributed by atoms with van der Waals surface area (Å²) in [6.45, 7) is 0.0189. The van der Waals surface area contributed by atoms with E-state index in [4.69, 9.17) is 35.3 Å². The summed E-state index contributed by atoms with van der Waals surface area (Å²) in [6, 6.07) is 0. The predicted octanol–water partition coefficient (Wildman–Crippen LogP) is -1.31. The van der Waals surface area contributed by atoms with Gasteiger partial charge in [-0.1, -0.05) is 11.8 Å². The molecule has 2 rings (SSSR count). The molecule has 0 aromatic carbocycles. The highest BCUT2D eigenvalue weighted by Gasteiger charge is 2.38. The third kappa shape index (κ3) is 8.46. The molecule has 0 aliphatic carbocycles. The Labute approximate surface area is 186 Å². The number of aromatic nitrogens is 2. The minimum absolute atomic E-state index is 0.0114. The molecule has 15 nitrogen and oxygen atoms in total. The van der Waals surface area contributed by atoms with E-state index in [1.54, 1.807) is 7.05 Å². The van der Waals surface area contributed by atoms with Crippen molar-refractivity contribution >= 4 is 31.6 Å². The first-order chi connectivity index (χ1) is 15.2. The van der Waals surface area contributed by atoms with Crippen LogP contribution < -0.4 is 22.5 Å². The predicted molar refractivity (Wildman–Crippen MR) is 114 cm³/mol. The molecule has 1 aliphatic rings. The van der Waals surface area contributed by atoms with E-state index >= 15 is 0 Å². The van der Waals surface area contributed by atoms with Gasteiger partial charge in [-0.15, -0.1) is 0 Å². The Morgan fingerprint density at radius 2 is 2.09 bits per heavy atom. The number of nitrogen functional groups attached to an aromatic ring is 1. The van der Waals surface area contributed by atoms with Crippen molar-refractivity contribution in [2.75, 3.05) is 32.7 Å². The number of hydrogen-bond donors (Lipinski definition) is 7. The third-order valence-electron chi connectivity index (χ3n) is 3.90. The molecule has 1 saturated heterocycles. The number of nitrogens with one attached hydrogen (secondary N) is 1. The molecule has 0 bridgehead atoms. The summed E-state index contributed by atoms with van der Waals surface area (Å²) in [6.07, 6.45) is -0.541. The van der Waals surface area contributed by atoms with Gasteiger partial charge < -0.3 is 50.4 Å². The lowest BCUT2D eigenvalue weighted by Gasteiger charge is -2.20. The second kappa shape index (κ2) is 13.7. The van der Waals surface area contributed by atoms with Crippen molar-refractivity contribution in [2.45, 2.75) is 24.9 Å². The first kappa shape index (κ1) is 27.3. The molecule has 32 heavy (non-hydrogen) atoms. The zero-order chi connectivity index (χ0) is 23.7. The summed E-state index contributed by atoms with van der Waals surface area (Å²) in [5, 5.41) is 2.86. The van der Waals surface area contributed by atoms with E-state index in [9.17, 15) is 14.6 Å². The highest BCUT2D eigenvalue weighted by Crippen LogP contribution is 2.55. The molecule has 3 unspecified atom stereocenters. The Bertz CT molecular complexity index is 853. The van der Waals surface area contributed by atoms with E-state index in [1.807, 2.05) is 0 Å². The summed E-state index contributed by atoms with van der Waals surface area (Å²) in [4.78, 5) is 52.5. The van der Waals surface area contributed by atoms with Crippen LogP contribution in [0.25, 0.3) is 0 Å². The minimum atomic E-state index is -2.87. The van der Waals surface area contributed by atoms with Gasteiger partial charge in [0.15, 0.2) is 0 Å². The van der Waals surface area contributed by atoms with E-state index in [2.05, 4.69) is 30.8 Å². The average Bonchev–Trinajstić information content (AvgIpc) is 3.10. The van der Waals surface area contributed by atoms with Gasteiger partial charge in [0.05, 0.1) is 31.5 Å². The fourth-order valence-electron chi connectivity index (χ4n) is 2.63. The second-order valence-corrected chi connectivity index (χ2v) is 9.01. The van der Waals surface area contributed by atoms with Crippen LogP contribution in [0.4, 0.5) is 5.82 Å². The van der Waals surface area contributed by atoms with Crippen LogP contribution in [0.1, 0.15) is 18.2 Å². The van der Waals surface area contributed by atoms with Gasteiger partial charge in [-0.3, -0.25) is 4.57 Å². The van der Waals surface area contributed by atoms with Crippen LogP contribution in [0.5, 0.6) is 0 Å². The van der Waals surface area contributed by atoms with Crippen molar-refractivity contribution in [1.29, 1.82) is 0 Å². The van der Waals surface area contributed by atoms with Crippen LogP contribution in [0.2, 0.25) is 0 Å². The maximum atomic E-state index is 12.4. The molecule has 1 aromatic rings. The Morgan fingerprint density at radius 1 is 1.34 bits per heavy atom. The molecule has 180 valence electrons. The monoisotopic (exact) mass is 515 g/mol. The van der Waals surface area contributed by atoms with Gasteiger partial charge >= 0.3 is 31.5 Å². The number of ether oxygens (including phenoxy) is 2. The maximum Gasteiger partial charge on any atom is 0.351 e. The van der Waals surface area contributed by atoms with Gasteiger partial charge in [0.1, 0.15) is 18.1 Å². The molecule has 2 heterocycles. The molecule has 18 heteroatoms. The van der Waals surface area contributed by atoms with E-state index in [0.29, 0.717) is 12.1 Å². The van der Waals surface area contributed by atoms with Gasteiger partial charge in [0.2, 0.25) is 0 Å². The van der Waals surface area contributed by atoms with Gasteiger partial charge in [-0.05, 0) is 7.05 Å². The van der Waals surface area contributed by atoms with Crippen molar-refractivity contribution in [3.05, 3.63) is 22.2 Å². The SMILES string of the molecule is CNCC#Cc1cn([C@H]2C[C@@H](OCN)C(COP(O)OP(O)OP(O)O)O2)c(=O)nc1N. The highest BCUT2D eigenvalue weighted by atomic mass is 31.3. The average molecular weight is 515 g/mol. The fraction of sp³-hybridized carbons (Fsp3) is 0.571. The summed E-state index contributed by atoms with van der Waals surface area (Å²) >= 11 is 0. The summed E-state index contributed by atoms with van der Waals surface area (Å²) < 4.78 is 26.4. The number of nitrogens with zero attached hydrogens (tertiary/aromatic N) is 2. The van der Waals surface area contributed by atoms with E-state index in [0.717, 1.165) is 0 Å². The lowest BCUT2D eigenvalue weighted by molar-refractivity contribution is -0.0579. The van der Waals surface area contributed by atoms with Crippen molar-refractivity contribution in [3.8, 4) is 11.8 Å². The summed E-state index contributed by atoms with van der Waals surface area (Å²) in [5.74, 6) is 5.64. The minimum Gasteiger partial charge on any atom is -0.382 e. The molecule has 0 amide bonds. The van der Waals surface area contributed by atoms with E-state index < -0.39 is 49.9 Å². The van der Waals surface area contributed by atoms with Gasteiger partial charge in [-0.2, -0.15) is 4.98 Å². The molecule has 1 fully saturated rings. The highest BCUT2D eigenvalue weighted by molar-refractivity contribution is 7.60. The topological polar surface area (TPSA) is 226 Å². The van der Waals surface area contributed by atoms with Crippen LogP contribution in [0.15, 0.2) is 11.0 Å². The first-order valence-corrected chi connectivity index (χ1v) is 12.3. The van der Waals surface area contributed by atoms with Crippen LogP contribution >= 0.6 is 25.8 Å². The Hall–Kier alpha value is -0.910. The van der Waals surface area contributed by atoms with E-state index in [1.165, 1.54) is 10.8 Å². The number of anilines is 1. The van der Waals surface area contributed by atoms with Gasteiger partial charge in [0, 0.05) is 12.6 Å². The smallest absolute Gasteiger partial charge is 0.351 e. The van der Waals surface area contributed by atoms with Crippen molar-refractivity contribution in [3.63, 3.8) is 0 Å². The second-order valence-electron chi connectivity index (χ2n) is 5.99. The summed E-state index contributed by atoms with van der Waals surface area (Å²) in [5.41, 5.74) is 10.9. The van der Waals surface area contributed by atoms with Gasteiger partial charge in [0.25, 0.3) is 0 Å². The zero-order valence-corrected chi connectivity index (χ0v) is 19.5. The molecule has 1 aromatic heterocycles. The molecule has 0 radical (unpaired) electrons. The van der Waals surface area contributed by atoms with Crippen LogP contribution in [-0.2, 0) is 22.6 Å². The largest absolute Gasteiger partial charge is 0.382 e. The summed E-state index contributed by atoms with van der Waals surface area (Å²) in [7, 11) is -6.52. The standard InChI is InChI=1S/C14H24N5O10P3/c1-17-4-2-3-9-6-19(14(20)18-13(9)16)12-5-10(25-8-15)11(27-12)7-26-31(23)29-32(24)28-30(21)22/h6,10-12,17,21-24H,4-5,7-8,15H2,1H3,(H2,16,18,20)/t10-,11?,12-,31?,32?/m1/s1. The Balaban J connectivity index is 2.07. The van der Waals surface area contributed by atoms with Gasteiger partial charge in [-0.25, -0.2) is 13.4 Å². The molecular formula is C14H24N5O10P3. The van der Waals surface area contributed by atoms with Crippen molar-refractivity contribution in [1.82, 2.24) is 14.9 Å². The number of rotatable bonds is 11. The van der Waals surface area contributed by atoms with Crippen molar-refractivity contribution in [2.24, 2.45) is 5.73 Å². The van der Waals surface area contributed by atoms with Crippen LogP contribution in [0, 0.1) is 11.8 Å². The van der Waals surface area contributed by atoms with Crippen LogP contribution in [0.3, 0.4) is 0 Å². The fourth-order valence-corrected chi connectivity index (χ4v) is 4.46. The maximum absolute atomic E-state index is 12.4. The van der Waals surface area contributed by atoms with E-state index in [-0.39, 0.29) is 25.6 Å². The van der Waals surface area contributed by atoms with Crippen LogP contribution in [-0.4, -0.2) is 68.3 Å². The molecule has 0 spiro atoms. The molecule has 5 atom stereocenters. The van der Waals surface area contributed by atoms with Crippen molar-refractivity contribution < 1.29 is 42.2 Å². The quantitative estimate of drug-likeness (QED) is 0.103. The molecule has 1 aliphatic heterocycles. The molecular weight excluding hydrogens is 491 g/mol. The number of nitrogens with two attached hydrogens (primary N) is 2. The zero-order valence-electron chi connectivity index (χ0n) is 16.8. The Kier molecular flexibility index (Phi) is 11.7. The molecule has 9 N–H and O–H groups in total. The lowest BCUT2D eigenvalue weighted by atomic mass is 10.2.